The quantitative estimate of drug-likeness (QED) is 0.723. The molecule has 1 aromatic heterocycles. The molecular formula is C17H18BrNO3S. The minimum absolute atomic E-state index is 0.123. The Morgan fingerprint density at radius 3 is 2.48 bits per heavy atom. The smallest absolute Gasteiger partial charge is 0.244 e. The minimum atomic E-state index is -0.123. The van der Waals surface area contributed by atoms with Crippen molar-refractivity contribution in [3.8, 4) is 11.5 Å². The number of methoxy groups -OCH3 is 2. The summed E-state index contributed by atoms with van der Waals surface area (Å²) in [5.41, 5.74) is 0.846. The second-order valence-electron chi connectivity index (χ2n) is 4.73. The van der Waals surface area contributed by atoms with Crippen LogP contribution in [-0.2, 0) is 11.2 Å². The van der Waals surface area contributed by atoms with Gasteiger partial charge < -0.3 is 14.8 Å². The highest BCUT2D eigenvalue weighted by Gasteiger charge is 2.02. The third-order valence-corrected chi connectivity index (χ3v) is 4.78. The van der Waals surface area contributed by atoms with Crippen LogP contribution in [-0.4, -0.2) is 26.7 Å². The van der Waals surface area contributed by atoms with Crippen LogP contribution in [0.5, 0.6) is 11.5 Å². The molecule has 0 saturated carbocycles. The number of rotatable bonds is 7. The third kappa shape index (κ3) is 5.73. The van der Waals surface area contributed by atoms with Gasteiger partial charge in [-0.1, -0.05) is 0 Å². The lowest BCUT2D eigenvalue weighted by Crippen LogP contribution is -2.23. The molecule has 0 fully saturated rings. The first-order valence-corrected chi connectivity index (χ1v) is 8.65. The molecule has 2 rings (SSSR count). The maximum Gasteiger partial charge on any atom is 0.244 e. The van der Waals surface area contributed by atoms with Crippen LogP contribution in [0.2, 0.25) is 0 Å². The van der Waals surface area contributed by atoms with E-state index in [2.05, 4.69) is 27.3 Å². The van der Waals surface area contributed by atoms with Crippen LogP contribution in [0.4, 0.5) is 0 Å². The molecule has 4 nitrogen and oxygen atoms in total. The van der Waals surface area contributed by atoms with E-state index in [1.54, 1.807) is 37.7 Å². The molecule has 0 atom stereocenters. The van der Waals surface area contributed by atoms with Crippen molar-refractivity contribution in [3.05, 3.63) is 50.6 Å². The van der Waals surface area contributed by atoms with Crippen molar-refractivity contribution < 1.29 is 14.3 Å². The number of amides is 1. The third-order valence-electron chi connectivity index (χ3n) is 3.10. The van der Waals surface area contributed by atoms with Gasteiger partial charge in [0.05, 0.1) is 18.0 Å². The van der Waals surface area contributed by atoms with Crippen molar-refractivity contribution in [2.45, 2.75) is 6.42 Å². The first-order valence-electron chi connectivity index (χ1n) is 7.04. The Morgan fingerprint density at radius 1 is 1.22 bits per heavy atom. The largest absolute Gasteiger partial charge is 0.497 e. The summed E-state index contributed by atoms with van der Waals surface area (Å²) in [4.78, 5) is 13.1. The van der Waals surface area contributed by atoms with Gasteiger partial charge in [0.2, 0.25) is 5.91 Å². The van der Waals surface area contributed by atoms with E-state index >= 15 is 0 Å². The molecule has 1 amide bonds. The Labute approximate surface area is 148 Å². The molecule has 0 aliphatic rings. The number of nitrogens with one attached hydrogen (secondary N) is 1. The predicted molar refractivity (Wildman–Crippen MR) is 97.3 cm³/mol. The minimum Gasteiger partial charge on any atom is -0.497 e. The SMILES string of the molecule is COc1cc(/C=C/C(=O)NCCc2ccc(Br)s2)cc(OC)c1. The van der Waals surface area contributed by atoms with Crippen molar-refractivity contribution in [1.82, 2.24) is 5.32 Å². The average Bonchev–Trinajstić information content (AvgIpc) is 2.97. The molecule has 2 aromatic rings. The molecule has 1 N–H and O–H groups in total. The van der Waals surface area contributed by atoms with Gasteiger partial charge in [-0.25, -0.2) is 0 Å². The molecule has 1 aromatic carbocycles. The van der Waals surface area contributed by atoms with Gasteiger partial charge in [-0.2, -0.15) is 0 Å². The first kappa shape index (κ1) is 17.6. The highest BCUT2D eigenvalue weighted by Crippen LogP contribution is 2.23. The van der Waals surface area contributed by atoms with Gasteiger partial charge in [0.15, 0.2) is 0 Å². The highest BCUT2D eigenvalue weighted by atomic mass is 79.9. The average molecular weight is 396 g/mol. The van der Waals surface area contributed by atoms with Gasteiger partial charge in [-0.05, 0) is 58.3 Å². The molecule has 0 unspecified atom stereocenters. The second kappa shape index (κ2) is 8.74. The summed E-state index contributed by atoms with van der Waals surface area (Å²) in [5, 5.41) is 2.87. The van der Waals surface area contributed by atoms with Crippen molar-refractivity contribution >= 4 is 39.2 Å². The lowest BCUT2D eigenvalue weighted by atomic mass is 10.2. The lowest BCUT2D eigenvalue weighted by molar-refractivity contribution is -0.116. The summed E-state index contributed by atoms with van der Waals surface area (Å²) in [6, 6.07) is 9.54. The predicted octanol–water partition coefficient (Wildman–Crippen LogP) is 3.90. The van der Waals surface area contributed by atoms with Crippen molar-refractivity contribution in [3.63, 3.8) is 0 Å². The summed E-state index contributed by atoms with van der Waals surface area (Å²) >= 11 is 5.10. The number of thiophene rings is 1. The van der Waals surface area contributed by atoms with Crippen LogP contribution >= 0.6 is 27.3 Å². The van der Waals surface area contributed by atoms with Gasteiger partial charge in [-0.3, -0.25) is 4.79 Å². The van der Waals surface area contributed by atoms with E-state index in [1.165, 1.54) is 11.0 Å². The fraction of sp³-hybridized carbons (Fsp3) is 0.235. The van der Waals surface area contributed by atoms with Gasteiger partial charge in [0.1, 0.15) is 11.5 Å². The Balaban J connectivity index is 1.87. The number of ether oxygens (including phenoxy) is 2. The normalized spacial score (nSPS) is 10.7. The Kier molecular flexibility index (Phi) is 6.67. The number of carbonyl (C=O) groups excluding carboxylic acids is 1. The molecule has 0 spiro atoms. The summed E-state index contributed by atoms with van der Waals surface area (Å²) in [5.74, 6) is 1.25. The van der Waals surface area contributed by atoms with Crippen LogP contribution in [0.3, 0.4) is 0 Å². The molecule has 6 heteroatoms. The molecular weight excluding hydrogens is 378 g/mol. The molecule has 0 radical (unpaired) electrons. The number of halogens is 1. The van der Waals surface area contributed by atoms with Crippen molar-refractivity contribution in [2.75, 3.05) is 20.8 Å². The summed E-state index contributed by atoms with van der Waals surface area (Å²) in [6.45, 7) is 0.609. The monoisotopic (exact) mass is 395 g/mol. The maximum absolute atomic E-state index is 11.9. The molecule has 122 valence electrons. The summed E-state index contributed by atoms with van der Waals surface area (Å²) in [6.07, 6.45) is 4.07. The molecule has 0 aliphatic carbocycles. The fourth-order valence-electron chi connectivity index (χ4n) is 1.95. The van der Waals surface area contributed by atoms with E-state index < -0.39 is 0 Å². The maximum atomic E-state index is 11.9. The second-order valence-corrected chi connectivity index (χ2v) is 7.27. The standard InChI is InChI=1S/C17H18BrNO3S/c1-21-13-9-12(10-14(11-13)22-2)3-6-17(20)19-8-7-15-4-5-16(18)23-15/h3-6,9-11H,7-8H2,1-2H3,(H,19,20)/b6-3+. The van der Waals surface area contributed by atoms with E-state index in [9.17, 15) is 4.79 Å². The number of carbonyl (C=O) groups is 1. The van der Waals surface area contributed by atoms with Gasteiger partial charge >= 0.3 is 0 Å². The summed E-state index contributed by atoms with van der Waals surface area (Å²) in [7, 11) is 3.19. The van der Waals surface area contributed by atoms with Crippen LogP contribution in [0.1, 0.15) is 10.4 Å². The Bertz CT molecular complexity index is 675. The Hall–Kier alpha value is -1.79. The molecule has 0 bridgehead atoms. The molecule has 0 aliphatic heterocycles. The van der Waals surface area contributed by atoms with Crippen molar-refractivity contribution in [2.24, 2.45) is 0 Å². The number of hydrogen-bond acceptors (Lipinski definition) is 4. The van der Waals surface area contributed by atoms with Crippen LogP contribution in [0.25, 0.3) is 6.08 Å². The zero-order valence-electron chi connectivity index (χ0n) is 13.0. The molecule has 23 heavy (non-hydrogen) atoms. The number of hydrogen-bond donors (Lipinski definition) is 1. The van der Waals surface area contributed by atoms with Crippen molar-refractivity contribution in [1.29, 1.82) is 0 Å². The van der Waals surface area contributed by atoms with Crippen LogP contribution in [0, 0.1) is 0 Å². The van der Waals surface area contributed by atoms with E-state index in [0.29, 0.717) is 18.0 Å². The zero-order chi connectivity index (χ0) is 16.7. The van der Waals surface area contributed by atoms with Gasteiger partial charge in [0.25, 0.3) is 0 Å². The summed E-state index contributed by atoms with van der Waals surface area (Å²) < 4.78 is 11.5. The topological polar surface area (TPSA) is 47.6 Å². The van der Waals surface area contributed by atoms with Crippen LogP contribution < -0.4 is 14.8 Å². The number of benzene rings is 1. The fourth-order valence-corrected chi connectivity index (χ4v) is 3.43. The highest BCUT2D eigenvalue weighted by molar-refractivity contribution is 9.11. The van der Waals surface area contributed by atoms with Gasteiger partial charge in [-0.15, -0.1) is 11.3 Å². The zero-order valence-corrected chi connectivity index (χ0v) is 15.4. The Morgan fingerprint density at radius 2 is 1.91 bits per heavy atom. The van der Waals surface area contributed by atoms with E-state index in [-0.39, 0.29) is 5.91 Å². The van der Waals surface area contributed by atoms with E-state index in [0.717, 1.165) is 15.8 Å². The van der Waals surface area contributed by atoms with Crippen LogP contribution in [0.15, 0.2) is 40.2 Å². The molecule has 0 saturated heterocycles. The van der Waals surface area contributed by atoms with E-state index in [1.807, 2.05) is 18.2 Å². The van der Waals surface area contributed by atoms with E-state index in [4.69, 9.17) is 9.47 Å². The first-order chi connectivity index (χ1) is 11.1. The lowest BCUT2D eigenvalue weighted by Gasteiger charge is -2.05. The molecule has 1 heterocycles. The van der Waals surface area contributed by atoms with Gasteiger partial charge in [0, 0.05) is 23.6 Å².